The van der Waals surface area contributed by atoms with Gasteiger partial charge in [0.15, 0.2) is 5.17 Å². The van der Waals surface area contributed by atoms with Gasteiger partial charge in [-0.2, -0.15) is 0 Å². The number of amides is 1. The van der Waals surface area contributed by atoms with Gasteiger partial charge in [-0.1, -0.05) is 45.2 Å². The van der Waals surface area contributed by atoms with E-state index < -0.39 is 4.92 Å². The molecule has 0 radical (unpaired) electrons. The molecule has 1 saturated heterocycles. The fourth-order valence-corrected chi connectivity index (χ4v) is 4.49. The van der Waals surface area contributed by atoms with Gasteiger partial charge in [-0.3, -0.25) is 14.9 Å². The summed E-state index contributed by atoms with van der Waals surface area (Å²) < 4.78 is 6.75. The Balaban J connectivity index is 1.55. The van der Waals surface area contributed by atoms with Crippen molar-refractivity contribution in [3.8, 4) is 5.75 Å². The van der Waals surface area contributed by atoms with Crippen molar-refractivity contribution in [3.05, 3.63) is 101 Å². The molecule has 1 amide bonds. The van der Waals surface area contributed by atoms with Crippen LogP contribution in [0.4, 0.5) is 11.4 Å². The maximum absolute atomic E-state index is 12.5. The lowest BCUT2D eigenvalue weighted by atomic mass is 10.1. The molecule has 1 heterocycles. The minimum atomic E-state index is -0.453. The Morgan fingerprint density at radius 2 is 1.91 bits per heavy atom. The van der Waals surface area contributed by atoms with E-state index in [1.165, 1.54) is 23.9 Å². The topological polar surface area (TPSA) is 93.8 Å². The number of rotatable bonds is 6. The Labute approximate surface area is 217 Å². The zero-order chi connectivity index (χ0) is 24.2. The first kappa shape index (κ1) is 24.3. The van der Waals surface area contributed by atoms with Gasteiger partial charge in [0.1, 0.15) is 12.4 Å². The molecule has 0 aromatic heterocycles. The minimum Gasteiger partial charge on any atom is -0.488 e. The predicted molar refractivity (Wildman–Crippen MR) is 139 cm³/mol. The van der Waals surface area contributed by atoms with Gasteiger partial charge < -0.3 is 10.1 Å². The summed E-state index contributed by atoms with van der Waals surface area (Å²) in [5.74, 6) is 0.244. The van der Waals surface area contributed by atoms with Crippen molar-refractivity contribution >= 4 is 79.4 Å². The number of nitrogens with zero attached hydrogens (tertiary/aromatic N) is 2. The van der Waals surface area contributed by atoms with E-state index in [4.69, 9.17) is 27.9 Å². The van der Waals surface area contributed by atoms with Gasteiger partial charge in [0, 0.05) is 22.2 Å². The largest absolute Gasteiger partial charge is 0.488 e. The molecular formula is C23H14BrCl2N3O4S. The zero-order valence-electron chi connectivity index (χ0n) is 17.1. The van der Waals surface area contributed by atoms with Crippen LogP contribution in [0.15, 0.2) is 75.0 Å². The van der Waals surface area contributed by atoms with Crippen LogP contribution in [0.1, 0.15) is 11.1 Å². The number of nitro groups is 1. The Bertz CT molecular complexity index is 1350. The highest BCUT2D eigenvalue weighted by molar-refractivity contribution is 9.10. The zero-order valence-corrected chi connectivity index (χ0v) is 21.0. The van der Waals surface area contributed by atoms with Crippen LogP contribution in [0.2, 0.25) is 10.0 Å². The number of nitro benzene ring substituents is 1. The van der Waals surface area contributed by atoms with E-state index in [1.54, 1.807) is 42.5 Å². The van der Waals surface area contributed by atoms with E-state index in [1.807, 2.05) is 12.1 Å². The average Bonchev–Trinajstić information content (AvgIpc) is 3.15. The normalized spacial score (nSPS) is 15.6. The van der Waals surface area contributed by atoms with Crippen LogP contribution in [0, 0.1) is 10.1 Å². The summed E-state index contributed by atoms with van der Waals surface area (Å²) in [4.78, 5) is 27.7. The van der Waals surface area contributed by atoms with E-state index in [-0.39, 0.29) is 18.2 Å². The molecule has 1 N–H and O–H groups in total. The fourth-order valence-electron chi connectivity index (χ4n) is 2.95. The number of benzene rings is 3. The van der Waals surface area contributed by atoms with Crippen LogP contribution in [-0.2, 0) is 11.4 Å². The summed E-state index contributed by atoms with van der Waals surface area (Å²) in [5.41, 5.74) is 1.91. The third-order valence-corrected chi connectivity index (χ3v) is 6.82. The molecule has 0 bridgehead atoms. The number of ether oxygens (including phenoxy) is 1. The molecular weight excluding hydrogens is 565 g/mol. The SMILES string of the molecule is O=C1NC(=Nc2cccc(Cl)c2Cl)S/C1=C/c1cc(Br)ccc1OCc1ccc([N+](=O)[O-])cc1. The quantitative estimate of drug-likeness (QED) is 0.191. The second kappa shape index (κ2) is 10.6. The summed E-state index contributed by atoms with van der Waals surface area (Å²) in [5, 5.41) is 14.6. The maximum Gasteiger partial charge on any atom is 0.269 e. The van der Waals surface area contributed by atoms with E-state index >= 15 is 0 Å². The second-order valence-electron chi connectivity index (χ2n) is 6.95. The highest BCUT2D eigenvalue weighted by atomic mass is 79.9. The lowest BCUT2D eigenvalue weighted by Crippen LogP contribution is -2.19. The molecule has 0 saturated carbocycles. The van der Waals surface area contributed by atoms with Gasteiger partial charge in [-0.05, 0) is 65.9 Å². The van der Waals surface area contributed by atoms with Crippen LogP contribution < -0.4 is 10.1 Å². The van der Waals surface area contributed by atoms with Gasteiger partial charge >= 0.3 is 0 Å². The highest BCUT2D eigenvalue weighted by Crippen LogP contribution is 2.35. The number of carbonyl (C=O) groups is 1. The van der Waals surface area contributed by atoms with Gasteiger partial charge in [0.25, 0.3) is 11.6 Å². The summed E-state index contributed by atoms with van der Waals surface area (Å²) in [6.45, 7) is 0.203. The van der Waals surface area contributed by atoms with E-state index in [9.17, 15) is 14.9 Å². The van der Waals surface area contributed by atoms with Crippen molar-refractivity contribution in [1.82, 2.24) is 5.32 Å². The number of nitrogens with one attached hydrogen (secondary N) is 1. The first-order valence-corrected chi connectivity index (χ1v) is 12.1. The molecule has 7 nitrogen and oxygen atoms in total. The summed E-state index contributed by atoms with van der Waals surface area (Å²) >= 11 is 16.8. The fraction of sp³-hybridized carbons (Fsp3) is 0.0435. The minimum absolute atomic E-state index is 0.0126. The van der Waals surface area contributed by atoms with Crippen LogP contribution >= 0.6 is 50.9 Å². The van der Waals surface area contributed by atoms with Gasteiger partial charge in [0.2, 0.25) is 0 Å². The van der Waals surface area contributed by atoms with Crippen molar-refractivity contribution in [1.29, 1.82) is 0 Å². The van der Waals surface area contributed by atoms with Gasteiger partial charge in [0.05, 0.1) is 25.6 Å². The number of thioether (sulfide) groups is 1. The number of hydrogen-bond donors (Lipinski definition) is 1. The maximum atomic E-state index is 12.5. The molecule has 1 aliphatic heterocycles. The van der Waals surface area contributed by atoms with Gasteiger partial charge in [-0.25, -0.2) is 4.99 Å². The van der Waals surface area contributed by atoms with E-state index in [0.29, 0.717) is 37.1 Å². The molecule has 0 unspecified atom stereocenters. The van der Waals surface area contributed by atoms with Gasteiger partial charge in [-0.15, -0.1) is 0 Å². The summed E-state index contributed by atoms with van der Waals surface area (Å²) in [6, 6.07) is 16.6. The number of non-ortho nitro benzene ring substituents is 1. The van der Waals surface area contributed by atoms with Crippen LogP contribution in [-0.4, -0.2) is 16.0 Å². The second-order valence-corrected chi connectivity index (χ2v) is 9.68. The summed E-state index contributed by atoms with van der Waals surface area (Å²) in [7, 11) is 0. The number of hydrogen-bond acceptors (Lipinski definition) is 6. The Kier molecular flexibility index (Phi) is 7.57. The van der Waals surface area contributed by atoms with Crippen molar-refractivity contribution in [3.63, 3.8) is 0 Å². The molecule has 3 aromatic rings. The van der Waals surface area contributed by atoms with Crippen LogP contribution in [0.5, 0.6) is 5.75 Å². The molecule has 34 heavy (non-hydrogen) atoms. The number of amidine groups is 1. The van der Waals surface area contributed by atoms with Crippen molar-refractivity contribution in [2.24, 2.45) is 4.99 Å². The molecule has 172 valence electrons. The smallest absolute Gasteiger partial charge is 0.269 e. The Hall–Kier alpha value is -2.85. The number of aliphatic imine (C=N–C) groups is 1. The van der Waals surface area contributed by atoms with Crippen LogP contribution in [0.25, 0.3) is 6.08 Å². The molecule has 4 rings (SSSR count). The molecule has 1 aliphatic rings. The molecule has 3 aromatic carbocycles. The molecule has 1 fully saturated rings. The molecule has 11 heteroatoms. The molecule has 0 aliphatic carbocycles. The predicted octanol–water partition coefficient (Wildman–Crippen LogP) is 7.13. The van der Waals surface area contributed by atoms with E-state index in [0.717, 1.165) is 10.0 Å². The van der Waals surface area contributed by atoms with Crippen molar-refractivity contribution in [2.45, 2.75) is 6.61 Å². The Morgan fingerprint density at radius 1 is 1.15 bits per heavy atom. The first-order chi connectivity index (χ1) is 16.3. The monoisotopic (exact) mass is 577 g/mol. The first-order valence-electron chi connectivity index (χ1n) is 9.69. The van der Waals surface area contributed by atoms with Crippen LogP contribution in [0.3, 0.4) is 0 Å². The molecule has 0 atom stereocenters. The third kappa shape index (κ3) is 5.79. The van der Waals surface area contributed by atoms with Crippen molar-refractivity contribution in [2.75, 3.05) is 0 Å². The highest BCUT2D eigenvalue weighted by Gasteiger charge is 2.25. The Morgan fingerprint density at radius 3 is 2.65 bits per heavy atom. The standard InChI is InChI=1S/C23H14BrCl2N3O4S/c24-15-6-9-19(33-12-13-4-7-16(8-5-13)29(31)32)14(10-15)11-20-22(30)28-23(34-20)27-18-3-1-2-17(25)21(18)26/h1-11H,12H2,(H,27,28,30)/b20-11+. The summed E-state index contributed by atoms with van der Waals surface area (Å²) in [6.07, 6.45) is 1.71. The lowest BCUT2D eigenvalue weighted by molar-refractivity contribution is -0.384. The average molecular weight is 579 g/mol. The number of carbonyl (C=O) groups excluding carboxylic acids is 1. The number of halogens is 3. The third-order valence-electron chi connectivity index (χ3n) is 4.60. The van der Waals surface area contributed by atoms with E-state index in [2.05, 4.69) is 26.2 Å². The lowest BCUT2D eigenvalue weighted by Gasteiger charge is -2.10. The molecule has 0 spiro atoms. The van der Waals surface area contributed by atoms with Crippen molar-refractivity contribution < 1.29 is 14.5 Å².